The molecular weight excluding hydrogens is 304 g/mol. The van der Waals surface area contributed by atoms with Gasteiger partial charge >= 0.3 is 0 Å². The number of amides is 1. The predicted molar refractivity (Wildman–Crippen MR) is 90.0 cm³/mol. The van der Waals surface area contributed by atoms with Crippen LogP contribution >= 0.6 is 22.9 Å². The number of hydrogen-bond acceptors (Lipinski definition) is 3. The molecule has 0 saturated carbocycles. The molecule has 0 spiro atoms. The number of alkyl halides is 1. The van der Waals surface area contributed by atoms with Crippen molar-refractivity contribution in [2.24, 2.45) is 5.92 Å². The number of hydrogen-bond donors (Lipinski definition) is 0. The van der Waals surface area contributed by atoms with Gasteiger partial charge < -0.3 is 0 Å². The lowest BCUT2D eigenvalue weighted by Gasteiger charge is -2.20. The SMILES string of the molecule is C=CCN(C(=O)C(C)CCl)c1nc(-c2ccccc2)cs1. The van der Waals surface area contributed by atoms with E-state index in [1.165, 1.54) is 11.3 Å². The molecule has 0 aliphatic rings. The third-order valence-corrected chi connectivity index (χ3v) is 4.35. The van der Waals surface area contributed by atoms with E-state index in [1.807, 2.05) is 42.6 Å². The van der Waals surface area contributed by atoms with Gasteiger partial charge in [-0.15, -0.1) is 29.5 Å². The molecule has 1 amide bonds. The normalized spacial score (nSPS) is 11.9. The number of anilines is 1. The van der Waals surface area contributed by atoms with Gasteiger partial charge in [-0.3, -0.25) is 9.69 Å². The van der Waals surface area contributed by atoms with E-state index in [2.05, 4.69) is 11.6 Å². The Labute approximate surface area is 133 Å². The van der Waals surface area contributed by atoms with Crippen LogP contribution in [0, 0.1) is 5.92 Å². The van der Waals surface area contributed by atoms with Gasteiger partial charge in [0, 0.05) is 29.3 Å². The Morgan fingerprint density at radius 2 is 2.19 bits per heavy atom. The minimum Gasteiger partial charge on any atom is -0.284 e. The van der Waals surface area contributed by atoms with Crippen molar-refractivity contribution in [3.05, 3.63) is 48.4 Å². The van der Waals surface area contributed by atoms with Gasteiger partial charge in [-0.2, -0.15) is 0 Å². The van der Waals surface area contributed by atoms with E-state index < -0.39 is 0 Å². The summed E-state index contributed by atoms with van der Waals surface area (Å²) in [7, 11) is 0. The van der Waals surface area contributed by atoms with Gasteiger partial charge in [-0.05, 0) is 0 Å². The summed E-state index contributed by atoms with van der Waals surface area (Å²) in [6, 6.07) is 9.90. The number of halogens is 1. The van der Waals surface area contributed by atoms with Gasteiger partial charge in [0.1, 0.15) is 0 Å². The van der Waals surface area contributed by atoms with Gasteiger partial charge in [-0.1, -0.05) is 43.3 Å². The Hall–Kier alpha value is -1.65. The zero-order chi connectivity index (χ0) is 15.2. The molecule has 5 heteroatoms. The first-order valence-electron chi connectivity index (χ1n) is 6.66. The maximum absolute atomic E-state index is 12.4. The molecule has 0 aliphatic carbocycles. The second kappa shape index (κ2) is 7.38. The van der Waals surface area contributed by atoms with Crippen LogP contribution in [0.2, 0.25) is 0 Å². The summed E-state index contributed by atoms with van der Waals surface area (Å²) in [6.45, 7) is 5.96. The highest BCUT2D eigenvalue weighted by atomic mass is 35.5. The zero-order valence-electron chi connectivity index (χ0n) is 11.8. The number of carbonyl (C=O) groups is 1. The van der Waals surface area contributed by atoms with Crippen LogP contribution in [0.15, 0.2) is 48.4 Å². The minimum absolute atomic E-state index is 0.0288. The van der Waals surface area contributed by atoms with E-state index in [0.717, 1.165) is 11.3 Å². The summed E-state index contributed by atoms with van der Waals surface area (Å²) >= 11 is 7.24. The fourth-order valence-corrected chi connectivity index (χ4v) is 2.83. The Morgan fingerprint density at radius 1 is 1.48 bits per heavy atom. The standard InChI is InChI=1S/C16H17ClN2OS/c1-3-9-19(15(20)12(2)10-17)16-18-14(11-21-16)13-7-5-4-6-8-13/h3-8,11-12H,1,9-10H2,2H3. The second-order valence-electron chi connectivity index (χ2n) is 4.67. The summed E-state index contributed by atoms with van der Waals surface area (Å²) in [6.07, 6.45) is 1.70. The van der Waals surface area contributed by atoms with Crippen LogP contribution < -0.4 is 4.90 Å². The molecule has 110 valence electrons. The lowest BCUT2D eigenvalue weighted by Crippen LogP contribution is -2.36. The molecule has 0 aliphatic heterocycles. The summed E-state index contributed by atoms with van der Waals surface area (Å²) < 4.78 is 0. The monoisotopic (exact) mass is 320 g/mol. The molecule has 0 N–H and O–H groups in total. The Morgan fingerprint density at radius 3 is 2.81 bits per heavy atom. The van der Waals surface area contributed by atoms with Crippen LogP contribution in [0.3, 0.4) is 0 Å². The molecule has 2 rings (SSSR count). The Balaban J connectivity index is 2.28. The summed E-state index contributed by atoms with van der Waals surface area (Å²) in [5, 5.41) is 2.63. The lowest BCUT2D eigenvalue weighted by molar-refractivity contribution is -0.121. The molecule has 0 bridgehead atoms. The number of rotatable bonds is 6. The van der Waals surface area contributed by atoms with Crippen LogP contribution in [-0.2, 0) is 4.79 Å². The molecule has 1 aromatic heterocycles. The third-order valence-electron chi connectivity index (χ3n) is 3.02. The van der Waals surface area contributed by atoms with Gasteiger partial charge in [0.2, 0.25) is 5.91 Å². The average molecular weight is 321 g/mol. The highest BCUT2D eigenvalue weighted by Gasteiger charge is 2.22. The van der Waals surface area contributed by atoms with Crippen LogP contribution in [0.4, 0.5) is 5.13 Å². The van der Waals surface area contributed by atoms with E-state index in [0.29, 0.717) is 17.6 Å². The van der Waals surface area contributed by atoms with E-state index in [-0.39, 0.29) is 11.8 Å². The van der Waals surface area contributed by atoms with Crippen molar-refractivity contribution >= 4 is 34.0 Å². The molecule has 0 saturated heterocycles. The maximum atomic E-state index is 12.4. The first-order chi connectivity index (χ1) is 10.2. The molecule has 1 atom stereocenters. The van der Waals surface area contributed by atoms with Crippen LogP contribution in [0.1, 0.15) is 6.92 Å². The number of aromatic nitrogens is 1. The molecule has 21 heavy (non-hydrogen) atoms. The molecular formula is C16H17ClN2OS. The first kappa shape index (κ1) is 15.7. The number of benzene rings is 1. The van der Waals surface area contributed by atoms with Crippen molar-refractivity contribution in [2.45, 2.75) is 6.92 Å². The molecule has 1 unspecified atom stereocenters. The molecule has 0 radical (unpaired) electrons. The van der Waals surface area contributed by atoms with Crippen molar-refractivity contribution < 1.29 is 4.79 Å². The van der Waals surface area contributed by atoms with Gasteiger partial charge in [0.15, 0.2) is 5.13 Å². The topological polar surface area (TPSA) is 33.2 Å². The Kier molecular flexibility index (Phi) is 5.53. The lowest BCUT2D eigenvalue weighted by atomic mass is 10.2. The number of nitrogens with zero attached hydrogens (tertiary/aromatic N) is 2. The van der Waals surface area contributed by atoms with E-state index in [1.54, 1.807) is 11.0 Å². The van der Waals surface area contributed by atoms with E-state index in [9.17, 15) is 4.79 Å². The van der Waals surface area contributed by atoms with Gasteiger partial charge in [-0.25, -0.2) is 4.98 Å². The average Bonchev–Trinajstić information content (AvgIpc) is 3.01. The van der Waals surface area contributed by atoms with Crippen LogP contribution in [0.25, 0.3) is 11.3 Å². The summed E-state index contributed by atoms with van der Waals surface area (Å²) in [5.41, 5.74) is 1.91. The molecule has 1 heterocycles. The minimum atomic E-state index is -0.240. The summed E-state index contributed by atoms with van der Waals surface area (Å²) in [4.78, 5) is 18.6. The molecule has 1 aromatic carbocycles. The number of thiazole rings is 1. The number of carbonyl (C=O) groups excluding carboxylic acids is 1. The highest BCUT2D eigenvalue weighted by Crippen LogP contribution is 2.28. The van der Waals surface area contributed by atoms with Crippen molar-refractivity contribution in [3.8, 4) is 11.3 Å². The van der Waals surface area contributed by atoms with Crippen LogP contribution in [-0.4, -0.2) is 23.3 Å². The van der Waals surface area contributed by atoms with Crippen molar-refractivity contribution in [2.75, 3.05) is 17.3 Å². The summed E-state index contributed by atoms with van der Waals surface area (Å²) in [5.74, 6) is 0.0261. The zero-order valence-corrected chi connectivity index (χ0v) is 13.4. The van der Waals surface area contributed by atoms with Crippen LogP contribution in [0.5, 0.6) is 0 Å². The predicted octanol–water partition coefficient (Wildman–Crippen LogP) is 4.20. The van der Waals surface area contributed by atoms with E-state index in [4.69, 9.17) is 11.6 Å². The fraction of sp³-hybridized carbons (Fsp3) is 0.250. The largest absolute Gasteiger partial charge is 0.284 e. The fourth-order valence-electron chi connectivity index (χ4n) is 1.85. The maximum Gasteiger partial charge on any atom is 0.233 e. The highest BCUT2D eigenvalue weighted by molar-refractivity contribution is 7.14. The van der Waals surface area contributed by atoms with Crippen molar-refractivity contribution in [1.29, 1.82) is 0 Å². The molecule has 2 aromatic rings. The van der Waals surface area contributed by atoms with Crippen molar-refractivity contribution in [3.63, 3.8) is 0 Å². The third kappa shape index (κ3) is 3.71. The van der Waals surface area contributed by atoms with Crippen molar-refractivity contribution in [1.82, 2.24) is 4.98 Å². The first-order valence-corrected chi connectivity index (χ1v) is 8.08. The van der Waals surface area contributed by atoms with Gasteiger partial charge in [0.05, 0.1) is 5.69 Å². The smallest absolute Gasteiger partial charge is 0.233 e. The quantitative estimate of drug-likeness (QED) is 0.590. The Bertz CT molecular complexity index is 612. The van der Waals surface area contributed by atoms with E-state index >= 15 is 0 Å². The van der Waals surface area contributed by atoms with Gasteiger partial charge in [0.25, 0.3) is 0 Å². The molecule has 3 nitrogen and oxygen atoms in total. The second-order valence-corrected chi connectivity index (χ2v) is 5.82. The molecule has 0 fully saturated rings.